The number of Topliss-reactive ketones (excluding diaryl/α,β-unsaturated/α-hetero) is 1. The number of ketones is 1. The molecule has 32 heavy (non-hydrogen) atoms. The zero-order valence-corrected chi connectivity index (χ0v) is 17.7. The molecule has 1 unspecified atom stereocenters. The molecule has 0 radical (unpaired) electrons. The second kappa shape index (κ2) is 7.56. The summed E-state index contributed by atoms with van der Waals surface area (Å²) in [6, 6.07) is 16.0. The predicted octanol–water partition coefficient (Wildman–Crippen LogP) is 5.65. The van der Waals surface area contributed by atoms with Crippen LogP contribution in [0.4, 0.5) is 18.9 Å². The minimum atomic E-state index is -4.53. The topological polar surface area (TPSA) is 70.1 Å². The van der Waals surface area contributed by atoms with Gasteiger partial charge in [-0.25, -0.2) is 0 Å². The number of allylic oxidation sites excluding steroid dienone is 3. The van der Waals surface area contributed by atoms with Crippen LogP contribution in [-0.4, -0.2) is 5.78 Å². The average Bonchev–Trinajstić information content (AvgIpc) is 2.72. The standard InChI is InChI=1S/C25H22F3N3O/c1-24(2)12-19-22(20(32)13-24)21(15-7-4-3-5-8-15)18(14-29)23(30)31(19)17-10-6-9-16(11-17)25(26,27)28/h3-11,21H,12-13,30H2,1-2H3. The number of alkyl halides is 3. The van der Waals surface area contributed by atoms with Gasteiger partial charge in [0.1, 0.15) is 5.82 Å². The fraction of sp³-hybridized carbons (Fsp3) is 0.280. The molecule has 164 valence electrons. The highest BCUT2D eigenvalue weighted by molar-refractivity contribution is 6.01. The monoisotopic (exact) mass is 437 g/mol. The molecule has 0 spiro atoms. The van der Waals surface area contributed by atoms with E-state index in [1.54, 1.807) is 0 Å². The summed E-state index contributed by atoms with van der Waals surface area (Å²) in [5, 5.41) is 9.99. The van der Waals surface area contributed by atoms with Crippen molar-refractivity contribution in [3.05, 3.63) is 88.4 Å². The molecule has 0 saturated heterocycles. The van der Waals surface area contributed by atoms with E-state index in [2.05, 4.69) is 6.07 Å². The van der Waals surface area contributed by atoms with Crippen molar-refractivity contribution in [2.24, 2.45) is 11.1 Å². The molecule has 0 bridgehead atoms. The maximum absolute atomic E-state index is 13.4. The van der Waals surface area contributed by atoms with Crippen LogP contribution in [0.5, 0.6) is 0 Å². The van der Waals surface area contributed by atoms with Crippen molar-refractivity contribution < 1.29 is 18.0 Å². The SMILES string of the molecule is CC1(C)CC(=O)C2=C(C1)N(c1cccc(C(F)(F)F)c1)C(N)=C(C#N)C2c1ccccc1. The van der Waals surface area contributed by atoms with Crippen molar-refractivity contribution in [2.45, 2.75) is 38.8 Å². The molecule has 2 aromatic rings. The predicted molar refractivity (Wildman–Crippen MR) is 115 cm³/mol. The molecule has 0 fully saturated rings. The van der Waals surface area contributed by atoms with Crippen molar-refractivity contribution in [1.29, 1.82) is 5.26 Å². The van der Waals surface area contributed by atoms with Crippen LogP contribution in [0.3, 0.4) is 0 Å². The third-order valence-corrected chi connectivity index (χ3v) is 5.95. The third kappa shape index (κ3) is 3.66. The lowest BCUT2D eigenvalue weighted by Crippen LogP contribution is -2.42. The Morgan fingerprint density at radius 2 is 1.78 bits per heavy atom. The Hall–Kier alpha value is -3.53. The molecular formula is C25H22F3N3O. The highest BCUT2D eigenvalue weighted by Gasteiger charge is 2.45. The van der Waals surface area contributed by atoms with Crippen LogP contribution in [0.25, 0.3) is 0 Å². The van der Waals surface area contributed by atoms with E-state index in [-0.39, 0.29) is 29.3 Å². The molecule has 1 atom stereocenters. The molecule has 1 aliphatic heterocycles. The Bertz CT molecular complexity index is 1190. The molecule has 4 rings (SSSR count). The maximum atomic E-state index is 13.4. The van der Waals surface area contributed by atoms with E-state index in [4.69, 9.17) is 5.73 Å². The number of nitrogens with zero attached hydrogens (tertiary/aromatic N) is 2. The minimum Gasteiger partial charge on any atom is -0.384 e. The van der Waals surface area contributed by atoms with Gasteiger partial charge in [0.2, 0.25) is 0 Å². The summed E-state index contributed by atoms with van der Waals surface area (Å²) in [7, 11) is 0. The lowest BCUT2D eigenvalue weighted by atomic mass is 9.68. The average molecular weight is 437 g/mol. The van der Waals surface area contributed by atoms with Gasteiger partial charge in [0, 0.05) is 23.4 Å². The van der Waals surface area contributed by atoms with Crippen LogP contribution in [-0.2, 0) is 11.0 Å². The second-order valence-electron chi connectivity index (χ2n) is 8.94. The van der Waals surface area contributed by atoms with Gasteiger partial charge >= 0.3 is 6.18 Å². The van der Waals surface area contributed by atoms with Crippen molar-refractivity contribution in [3.63, 3.8) is 0 Å². The fourth-order valence-electron chi connectivity index (χ4n) is 4.60. The highest BCUT2D eigenvalue weighted by atomic mass is 19.4. The number of nitriles is 1. The lowest BCUT2D eigenvalue weighted by Gasteiger charge is -2.43. The van der Waals surface area contributed by atoms with Gasteiger partial charge in [-0.3, -0.25) is 9.69 Å². The number of halogens is 3. The Morgan fingerprint density at radius 1 is 1.09 bits per heavy atom. The lowest BCUT2D eigenvalue weighted by molar-refractivity contribution is -0.137. The van der Waals surface area contributed by atoms with Gasteiger partial charge < -0.3 is 5.73 Å². The van der Waals surface area contributed by atoms with E-state index < -0.39 is 23.1 Å². The molecule has 0 aromatic heterocycles. The van der Waals surface area contributed by atoms with Gasteiger partial charge in [0.15, 0.2) is 5.78 Å². The number of rotatable bonds is 2. The number of hydrogen-bond donors (Lipinski definition) is 1. The number of anilines is 1. The largest absolute Gasteiger partial charge is 0.416 e. The number of nitrogens with two attached hydrogens (primary N) is 1. The first kappa shape index (κ1) is 21.7. The summed E-state index contributed by atoms with van der Waals surface area (Å²) in [6.45, 7) is 3.88. The van der Waals surface area contributed by atoms with E-state index in [9.17, 15) is 23.2 Å². The normalized spacial score (nSPS) is 20.8. The summed E-state index contributed by atoms with van der Waals surface area (Å²) in [5.41, 5.74) is 7.28. The van der Waals surface area contributed by atoms with Crippen LogP contribution in [0.2, 0.25) is 0 Å². The van der Waals surface area contributed by atoms with E-state index in [0.717, 1.165) is 17.7 Å². The zero-order chi connectivity index (χ0) is 23.3. The smallest absolute Gasteiger partial charge is 0.384 e. The molecule has 1 heterocycles. The fourth-order valence-corrected chi connectivity index (χ4v) is 4.60. The summed E-state index contributed by atoms with van der Waals surface area (Å²) in [6.07, 6.45) is -3.81. The highest BCUT2D eigenvalue weighted by Crippen LogP contribution is 2.50. The number of carbonyl (C=O) groups excluding carboxylic acids is 1. The summed E-state index contributed by atoms with van der Waals surface area (Å²) < 4.78 is 40.2. The van der Waals surface area contributed by atoms with Crippen LogP contribution in [0, 0.1) is 16.7 Å². The molecule has 1 aliphatic carbocycles. The van der Waals surface area contributed by atoms with Crippen molar-refractivity contribution in [3.8, 4) is 6.07 Å². The Labute approximate surface area is 184 Å². The van der Waals surface area contributed by atoms with Crippen LogP contribution < -0.4 is 10.6 Å². The van der Waals surface area contributed by atoms with Gasteiger partial charge in [0.25, 0.3) is 0 Å². The molecule has 7 heteroatoms. The third-order valence-electron chi connectivity index (χ3n) is 5.95. The maximum Gasteiger partial charge on any atom is 0.416 e. The van der Waals surface area contributed by atoms with Gasteiger partial charge in [-0.2, -0.15) is 18.4 Å². The first-order valence-electron chi connectivity index (χ1n) is 10.2. The van der Waals surface area contributed by atoms with Crippen molar-refractivity contribution in [1.82, 2.24) is 0 Å². The second-order valence-corrected chi connectivity index (χ2v) is 8.94. The summed E-state index contributed by atoms with van der Waals surface area (Å²) in [5.74, 6) is -0.728. The summed E-state index contributed by atoms with van der Waals surface area (Å²) in [4.78, 5) is 14.8. The van der Waals surface area contributed by atoms with E-state index >= 15 is 0 Å². The number of carbonyl (C=O) groups is 1. The minimum absolute atomic E-state index is 0.0462. The Morgan fingerprint density at radius 3 is 2.41 bits per heavy atom. The molecular weight excluding hydrogens is 415 g/mol. The molecule has 2 N–H and O–H groups in total. The molecule has 4 nitrogen and oxygen atoms in total. The van der Waals surface area contributed by atoms with Gasteiger partial charge in [-0.05, 0) is 35.6 Å². The van der Waals surface area contributed by atoms with Crippen LogP contribution >= 0.6 is 0 Å². The van der Waals surface area contributed by atoms with Crippen LogP contribution in [0.1, 0.15) is 43.7 Å². The Balaban J connectivity index is 1.99. The molecule has 0 saturated carbocycles. The molecule has 2 aromatic carbocycles. The van der Waals surface area contributed by atoms with Gasteiger partial charge in [-0.1, -0.05) is 50.2 Å². The van der Waals surface area contributed by atoms with Gasteiger partial charge in [-0.15, -0.1) is 0 Å². The molecule has 0 amide bonds. The van der Waals surface area contributed by atoms with E-state index in [0.29, 0.717) is 17.7 Å². The molecule has 2 aliphatic rings. The number of hydrogen-bond acceptors (Lipinski definition) is 4. The first-order valence-corrected chi connectivity index (χ1v) is 10.2. The number of benzene rings is 2. The van der Waals surface area contributed by atoms with Crippen LogP contribution in [0.15, 0.2) is 77.3 Å². The van der Waals surface area contributed by atoms with Crippen molar-refractivity contribution in [2.75, 3.05) is 4.90 Å². The summed E-state index contributed by atoms with van der Waals surface area (Å²) >= 11 is 0. The van der Waals surface area contributed by atoms with E-state index in [1.807, 2.05) is 44.2 Å². The quantitative estimate of drug-likeness (QED) is 0.660. The van der Waals surface area contributed by atoms with E-state index in [1.165, 1.54) is 17.0 Å². The van der Waals surface area contributed by atoms with Gasteiger partial charge in [0.05, 0.1) is 23.1 Å². The Kier molecular flexibility index (Phi) is 5.12. The van der Waals surface area contributed by atoms with Crippen molar-refractivity contribution >= 4 is 11.5 Å². The zero-order valence-electron chi connectivity index (χ0n) is 17.7. The first-order chi connectivity index (χ1) is 15.0.